The average molecular weight is 307 g/mol. The Morgan fingerprint density at radius 1 is 1.47 bits per heavy atom. The molecule has 1 atom stereocenters. The van der Waals surface area contributed by atoms with E-state index in [0.29, 0.717) is 26.1 Å². The van der Waals surface area contributed by atoms with Crippen LogP contribution >= 0.6 is 11.3 Å². The molecule has 0 aliphatic carbocycles. The van der Waals surface area contributed by atoms with E-state index in [9.17, 15) is 8.42 Å². The molecule has 0 aromatic carbocycles. The van der Waals surface area contributed by atoms with Crippen LogP contribution in [0.5, 0.6) is 11.5 Å². The Morgan fingerprint density at radius 3 is 2.95 bits per heavy atom. The van der Waals surface area contributed by atoms with Gasteiger partial charge in [0.05, 0.1) is 5.75 Å². The van der Waals surface area contributed by atoms with Crippen molar-refractivity contribution in [2.45, 2.75) is 12.5 Å². The van der Waals surface area contributed by atoms with Crippen molar-refractivity contribution in [2.24, 2.45) is 0 Å². The molecule has 0 bridgehead atoms. The Balaban J connectivity index is 1.73. The Hall–Kier alpha value is -0.830. The van der Waals surface area contributed by atoms with E-state index in [1.54, 1.807) is 0 Å². The Labute approximate surface area is 116 Å². The van der Waals surface area contributed by atoms with Crippen LogP contribution in [0.2, 0.25) is 0 Å². The lowest BCUT2D eigenvalue weighted by Gasteiger charge is -2.28. The van der Waals surface area contributed by atoms with E-state index in [1.807, 2.05) is 22.7 Å². The van der Waals surface area contributed by atoms with Gasteiger partial charge in [0, 0.05) is 17.3 Å². The van der Waals surface area contributed by atoms with Crippen LogP contribution in [0, 0.1) is 0 Å². The minimum atomic E-state index is -3.87. The number of thiophene rings is 1. The molecule has 2 heterocycles. The standard InChI is InChI=1S/C11H17NO5S2/c1-12(3-2-4-19(13,14)15)5-9-6-16-10-7-18-8-11(10)17-9/h7-9H,2-6H2,1H3,(H,13,14,15). The zero-order valence-electron chi connectivity index (χ0n) is 10.6. The second-order valence-electron chi connectivity index (χ2n) is 4.55. The van der Waals surface area contributed by atoms with Gasteiger partial charge in [-0.3, -0.25) is 4.55 Å². The van der Waals surface area contributed by atoms with E-state index < -0.39 is 10.1 Å². The number of ether oxygens (including phenoxy) is 2. The summed E-state index contributed by atoms with van der Waals surface area (Å²) in [6.45, 7) is 1.73. The van der Waals surface area contributed by atoms with Crippen molar-refractivity contribution >= 4 is 21.5 Å². The van der Waals surface area contributed by atoms with Gasteiger partial charge in [0.2, 0.25) is 0 Å². The zero-order chi connectivity index (χ0) is 13.9. The molecule has 2 rings (SSSR count). The van der Waals surface area contributed by atoms with Gasteiger partial charge in [0.1, 0.15) is 12.7 Å². The summed E-state index contributed by atoms with van der Waals surface area (Å²) in [7, 11) is -1.98. The first kappa shape index (κ1) is 14.6. The predicted molar refractivity (Wildman–Crippen MR) is 72.8 cm³/mol. The molecule has 0 saturated heterocycles. The number of hydrogen-bond acceptors (Lipinski definition) is 6. The Bertz CT molecular complexity index is 513. The Morgan fingerprint density at radius 2 is 2.21 bits per heavy atom. The minimum absolute atomic E-state index is 0.0576. The molecule has 19 heavy (non-hydrogen) atoms. The molecule has 1 aliphatic rings. The Kier molecular flexibility index (Phi) is 4.67. The number of likely N-dealkylation sites (N-methyl/N-ethyl adjacent to an activating group) is 1. The number of hydrogen-bond donors (Lipinski definition) is 1. The lowest BCUT2D eigenvalue weighted by atomic mass is 10.3. The molecule has 1 N–H and O–H groups in total. The van der Waals surface area contributed by atoms with Gasteiger partial charge in [0.25, 0.3) is 10.1 Å². The second-order valence-corrected chi connectivity index (χ2v) is 6.87. The fraction of sp³-hybridized carbons (Fsp3) is 0.636. The van der Waals surface area contributed by atoms with Crippen LogP contribution in [-0.4, -0.2) is 56.5 Å². The SMILES string of the molecule is CN(CCCS(=O)(=O)O)CC1COc2cscc2O1. The number of nitrogens with zero attached hydrogens (tertiary/aromatic N) is 1. The summed E-state index contributed by atoms with van der Waals surface area (Å²) in [6.07, 6.45) is 0.338. The minimum Gasteiger partial charge on any atom is -0.485 e. The first-order valence-corrected chi connectivity index (χ1v) is 8.48. The molecule has 6 nitrogen and oxygen atoms in total. The molecule has 0 saturated carbocycles. The molecule has 0 radical (unpaired) electrons. The normalized spacial score (nSPS) is 18.8. The highest BCUT2D eigenvalue weighted by atomic mass is 32.2. The van der Waals surface area contributed by atoms with E-state index in [-0.39, 0.29) is 11.9 Å². The van der Waals surface area contributed by atoms with Crippen LogP contribution in [0.4, 0.5) is 0 Å². The first-order valence-electron chi connectivity index (χ1n) is 5.93. The predicted octanol–water partition coefficient (Wildman–Crippen LogP) is 1.10. The van der Waals surface area contributed by atoms with Gasteiger partial charge in [0.15, 0.2) is 11.5 Å². The molecule has 108 valence electrons. The van der Waals surface area contributed by atoms with E-state index in [1.165, 1.54) is 11.3 Å². The fourth-order valence-electron chi connectivity index (χ4n) is 1.91. The highest BCUT2D eigenvalue weighted by Gasteiger charge is 2.22. The number of rotatable bonds is 6. The summed E-state index contributed by atoms with van der Waals surface area (Å²) in [4.78, 5) is 1.97. The molecule has 1 aromatic rings. The molecule has 0 fully saturated rings. The van der Waals surface area contributed by atoms with Crippen molar-refractivity contribution in [3.8, 4) is 11.5 Å². The summed E-state index contributed by atoms with van der Waals surface area (Å²) in [6, 6.07) is 0. The molecule has 0 amide bonds. The number of fused-ring (bicyclic) bond motifs is 1. The maximum Gasteiger partial charge on any atom is 0.264 e. The van der Waals surface area contributed by atoms with Crippen LogP contribution in [0.3, 0.4) is 0 Å². The maximum atomic E-state index is 10.6. The van der Waals surface area contributed by atoms with Crippen molar-refractivity contribution in [1.29, 1.82) is 0 Å². The van der Waals surface area contributed by atoms with Crippen LogP contribution < -0.4 is 9.47 Å². The summed E-state index contributed by atoms with van der Waals surface area (Å²) in [5.41, 5.74) is 0. The van der Waals surface area contributed by atoms with E-state index in [4.69, 9.17) is 14.0 Å². The van der Waals surface area contributed by atoms with Crippen molar-refractivity contribution in [2.75, 3.05) is 32.5 Å². The van der Waals surface area contributed by atoms with Gasteiger partial charge in [-0.05, 0) is 20.0 Å². The third-order valence-corrected chi connectivity index (χ3v) is 4.27. The van der Waals surface area contributed by atoms with Crippen LogP contribution in [0.15, 0.2) is 10.8 Å². The van der Waals surface area contributed by atoms with Gasteiger partial charge in [-0.25, -0.2) is 0 Å². The van der Waals surface area contributed by atoms with Gasteiger partial charge >= 0.3 is 0 Å². The summed E-state index contributed by atoms with van der Waals surface area (Å²) in [5, 5.41) is 3.81. The quantitative estimate of drug-likeness (QED) is 0.793. The first-order chi connectivity index (χ1) is 8.94. The fourth-order valence-corrected chi connectivity index (χ4v) is 3.07. The van der Waals surface area contributed by atoms with Gasteiger partial charge in [-0.15, -0.1) is 11.3 Å². The van der Waals surface area contributed by atoms with Crippen molar-refractivity contribution < 1.29 is 22.4 Å². The van der Waals surface area contributed by atoms with Gasteiger partial charge in [-0.1, -0.05) is 0 Å². The third-order valence-electron chi connectivity index (χ3n) is 2.77. The second kappa shape index (κ2) is 6.08. The monoisotopic (exact) mass is 307 g/mol. The molecular weight excluding hydrogens is 290 g/mol. The van der Waals surface area contributed by atoms with E-state index in [0.717, 1.165) is 11.5 Å². The molecular formula is C11H17NO5S2. The molecule has 0 spiro atoms. The largest absolute Gasteiger partial charge is 0.485 e. The van der Waals surface area contributed by atoms with Gasteiger partial charge < -0.3 is 14.4 Å². The lowest BCUT2D eigenvalue weighted by Crippen LogP contribution is -2.39. The highest BCUT2D eigenvalue weighted by Crippen LogP contribution is 2.35. The zero-order valence-corrected chi connectivity index (χ0v) is 12.2. The van der Waals surface area contributed by atoms with Crippen molar-refractivity contribution in [1.82, 2.24) is 4.90 Å². The third kappa shape index (κ3) is 4.64. The summed E-state index contributed by atoms with van der Waals surface area (Å²) in [5.74, 6) is 1.34. The molecule has 1 aromatic heterocycles. The molecule has 8 heteroatoms. The molecule has 1 aliphatic heterocycles. The highest BCUT2D eigenvalue weighted by molar-refractivity contribution is 7.85. The lowest BCUT2D eigenvalue weighted by molar-refractivity contribution is 0.0667. The summed E-state index contributed by atoms with van der Waals surface area (Å²) < 4.78 is 41.2. The maximum absolute atomic E-state index is 10.6. The van der Waals surface area contributed by atoms with Crippen LogP contribution in [0.25, 0.3) is 0 Å². The average Bonchev–Trinajstić information content (AvgIpc) is 2.74. The van der Waals surface area contributed by atoms with Crippen molar-refractivity contribution in [3.05, 3.63) is 10.8 Å². The van der Waals surface area contributed by atoms with Gasteiger partial charge in [-0.2, -0.15) is 8.42 Å². The summed E-state index contributed by atoms with van der Waals surface area (Å²) >= 11 is 1.53. The molecule has 1 unspecified atom stereocenters. The van der Waals surface area contributed by atoms with Crippen LogP contribution in [-0.2, 0) is 10.1 Å². The topological polar surface area (TPSA) is 76.1 Å². The van der Waals surface area contributed by atoms with Crippen molar-refractivity contribution in [3.63, 3.8) is 0 Å². The smallest absolute Gasteiger partial charge is 0.264 e. The van der Waals surface area contributed by atoms with E-state index in [2.05, 4.69) is 0 Å². The van der Waals surface area contributed by atoms with E-state index >= 15 is 0 Å². The van der Waals surface area contributed by atoms with Crippen LogP contribution in [0.1, 0.15) is 6.42 Å².